The van der Waals surface area contributed by atoms with Crippen molar-refractivity contribution in [3.63, 3.8) is 0 Å². The van der Waals surface area contributed by atoms with E-state index in [1.54, 1.807) is 6.20 Å². The fourth-order valence-corrected chi connectivity index (χ4v) is 4.91. The SMILES string of the molecule is O=C(NC(=S)Nc1ncc(C2COCCO2)cc1Br)OCC1c2ccccc2-c2ccccc21. The van der Waals surface area contributed by atoms with Crippen molar-refractivity contribution < 1.29 is 19.0 Å². The smallest absolute Gasteiger partial charge is 0.413 e. The number of fused-ring (bicyclic) bond motifs is 3. The predicted molar refractivity (Wildman–Crippen MR) is 136 cm³/mol. The van der Waals surface area contributed by atoms with Gasteiger partial charge in [-0.2, -0.15) is 0 Å². The van der Waals surface area contributed by atoms with Gasteiger partial charge in [0.25, 0.3) is 0 Å². The molecule has 2 N–H and O–H groups in total. The Hall–Kier alpha value is -2.85. The summed E-state index contributed by atoms with van der Waals surface area (Å²) >= 11 is 8.77. The summed E-state index contributed by atoms with van der Waals surface area (Å²) < 4.78 is 17.4. The molecule has 7 nitrogen and oxygen atoms in total. The van der Waals surface area contributed by atoms with Gasteiger partial charge in [-0.05, 0) is 56.5 Å². The Morgan fingerprint density at radius 2 is 1.82 bits per heavy atom. The average molecular weight is 540 g/mol. The van der Waals surface area contributed by atoms with Crippen molar-refractivity contribution in [2.75, 3.05) is 31.7 Å². The van der Waals surface area contributed by atoms with Crippen molar-refractivity contribution in [1.29, 1.82) is 0 Å². The minimum atomic E-state index is -0.625. The quantitative estimate of drug-likeness (QED) is 0.442. The van der Waals surface area contributed by atoms with Crippen LogP contribution in [0.3, 0.4) is 0 Å². The Morgan fingerprint density at radius 3 is 2.47 bits per heavy atom. The Morgan fingerprint density at radius 1 is 1.12 bits per heavy atom. The van der Waals surface area contributed by atoms with Crippen LogP contribution in [0.4, 0.5) is 10.6 Å². The highest BCUT2D eigenvalue weighted by atomic mass is 79.9. The zero-order valence-corrected chi connectivity index (χ0v) is 20.5. The number of alkyl carbamates (subject to hydrolysis) is 1. The standard InChI is InChI=1S/C25H22BrN3O4S/c26-21-11-15(22-14-31-9-10-32-22)12-27-23(21)28-24(34)29-25(30)33-13-20-18-7-3-1-5-16(18)17-6-2-4-8-19(17)20/h1-8,11-12,20,22H,9-10,13-14H2,(H2,27,28,29,30,34). The third-order valence-corrected chi connectivity index (χ3v) is 6.65. The number of thiocarbonyl (C=S) groups is 1. The van der Waals surface area contributed by atoms with Gasteiger partial charge in [-0.1, -0.05) is 48.5 Å². The number of anilines is 1. The number of amides is 1. The average Bonchev–Trinajstić information content (AvgIpc) is 3.18. The molecule has 1 saturated heterocycles. The first kappa shape index (κ1) is 22.9. The summed E-state index contributed by atoms with van der Waals surface area (Å²) in [5.74, 6) is 0.457. The second kappa shape index (κ2) is 10.2. The molecule has 2 aliphatic rings. The number of ether oxygens (including phenoxy) is 3. The highest BCUT2D eigenvalue weighted by Crippen LogP contribution is 2.44. The Balaban J connectivity index is 1.18. The van der Waals surface area contributed by atoms with E-state index in [0.29, 0.717) is 30.1 Å². The summed E-state index contributed by atoms with van der Waals surface area (Å²) in [6.07, 6.45) is 0.917. The summed E-state index contributed by atoms with van der Waals surface area (Å²) in [6, 6.07) is 18.3. The van der Waals surface area contributed by atoms with Crippen LogP contribution in [-0.4, -0.2) is 42.6 Å². The molecule has 1 fully saturated rings. The van der Waals surface area contributed by atoms with E-state index in [4.69, 9.17) is 26.4 Å². The number of aromatic nitrogens is 1. The molecule has 1 amide bonds. The first-order valence-corrected chi connectivity index (χ1v) is 12.1. The Kier molecular flexibility index (Phi) is 6.87. The maximum atomic E-state index is 12.4. The van der Waals surface area contributed by atoms with Crippen molar-refractivity contribution in [2.45, 2.75) is 12.0 Å². The molecule has 5 rings (SSSR count). The molecule has 0 saturated carbocycles. The molecule has 0 radical (unpaired) electrons. The number of pyridine rings is 1. The summed E-state index contributed by atoms with van der Waals surface area (Å²) in [5, 5.41) is 5.57. The van der Waals surface area contributed by atoms with E-state index in [0.717, 1.165) is 16.7 Å². The molecular weight excluding hydrogens is 518 g/mol. The van der Waals surface area contributed by atoms with Crippen LogP contribution in [0.15, 0.2) is 65.3 Å². The molecule has 2 heterocycles. The highest BCUT2D eigenvalue weighted by molar-refractivity contribution is 9.10. The van der Waals surface area contributed by atoms with Gasteiger partial charge in [0.1, 0.15) is 18.5 Å². The van der Waals surface area contributed by atoms with Gasteiger partial charge in [-0.3, -0.25) is 5.32 Å². The van der Waals surface area contributed by atoms with Crippen LogP contribution in [0.5, 0.6) is 0 Å². The fourth-order valence-electron chi connectivity index (χ4n) is 4.27. The van der Waals surface area contributed by atoms with Crippen LogP contribution >= 0.6 is 28.1 Å². The van der Waals surface area contributed by atoms with Crippen LogP contribution in [0.1, 0.15) is 28.7 Å². The lowest BCUT2D eigenvalue weighted by atomic mass is 9.98. The van der Waals surface area contributed by atoms with Gasteiger partial charge in [0.05, 0.1) is 24.3 Å². The largest absolute Gasteiger partial charge is 0.448 e. The van der Waals surface area contributed by atoms with Crippen LogP contribution in [-0.2, 0) is 14.2 Å². The van der Waals surface area contributed by atoms with E-state index in [9.17, 15) is 4.79 Å². The second-order valence-electron chi connectivity index (χ2n) is 7.94. The van der Waals surface area contributed by atoms with Crippen LogP contribution in [0.2, 0.25) is 0 Å². The molecule has 0 spiro atoms. The zero-order valence-electron chi connectivity index (χ0n) is 18.1. The normalized spacial score (nSPS) is 16.9. The predicted octanol–water partition coefficient (Wildman–Crippen LogP) is 5.17. The molecular formula is C25H22BrN3O4S. The molecule has 1 aromatic heterocycles. The summed E-state index contributed by atoms with van der Waals surface area (Å²) in [5.41, 5.74) is 5.55. The minimum Gasteiger partial charge on any atom is -0.448 e. The summed E-state index contributed by atoms with van der Waals surface area (Å²) in [6.45, 7) is 1.85. The number of carbonyl (C=O) groups is 1. The molecule has 0 bridgehead atoms. The van der Waals surface area contributed by atoms with Gasteiger partial charge in [-0.15, -0.1) is 0 Å². The number of rotatable bonds is 4. The van der Waals surface area contributed by atoms with Crippen molar-refractivity contribution in [3.05, 3.63) is 82.0 Å². The summed E-state index contributed by atoms with van der Waals surface area (Å²) in [4.78, 5) is 16.8. The summed E-state index contributed by atoms with van der Waals surface area (Å²) in [7, 11) is 0. The lowest BCUT2D eigenvalue weighted by Gasteiger charge is -2.23. The number of hydrogen-bond acceptors (Lipinski definition) is 6. The highest BCUT2D eigenvalue weighted by Gasteiger charge is 2.29. The molecule has 3 aromatic rings. The van der Waals surface area contributed by atoms with Crippen molar-refractivity contribution >= 4 is 45.2 Å². The number of halogens is 1. The van der Waals surface area contributed by atoms with Gasteiger partial charge in [0.2, 0.25) is 0 Å². The first-order chi connectivity index (χ1) is 16.6. The molecule has 1 atom stereocenters. The Labute approximate surface area is 211 Å². The van der Waals surface area contributed by atoms with E-state index >= 15 is 0 Å². The number of hydrogen-bond donors (Lipinski definition) is 2. The maximum absolute atomic E-state index is 12.4. The monoisotopic (exact) mass is 539 g/mol. The molecule has 2 aromatic carbocycles. The van der Waals surface area contributed by atoms with Gasteiger partial charge >= 0.3 is 6.09 Å². The topological polar surface area (TPSA) is 81.7 Å². The number of nitrogens with one attached hydrogen (secondary N) is 2. The van der Waals surface area contributed by atoms with E-state index < -0.39 is 6.09 Å². The zero-order chi connectivity index (χ0) is 23.5. The molecule has 174 valence electrons. The lowest BCUT2D eigenvalue weighted by Crippen LogP contribution is -2.35. The molecule has 1 unspecified atom stereocenters. The molecule has 9 heteroatoms. The van der Waals surface area contributed by atoms with E-state index in [2.05, 4.69) is 55.8 Å². The van der Waals surface area contributed by atoms with Crippen molar-refractivity contribution in [2.24, 2.45) is 0 Å². The van der Waals surface area contributed by atoms with Crippen molar-refractivity contribution in [1.82, 2.24) is 10.3 Å². The molecule has 1 aliphatic heterocycles. The van der Waals surface area contributed by atoms with Gasteiger partial charge < -0.3 is 19.5 Å². The van der Waals surface area contributed by atoms with Crippen LogP contribution in [0, 0.1) is 0 Å². The van der Waals surface area contributed by atoms with E-state index in [-0.39, 0.29) is 23.7 Å². The van der Waals surface area contributed by atoms with Crippen LogP contribution in [0.25, 0.3) is 11.1 Å². The van der Waals surface area contributed by atoms with Gasteiger partial charge in [0.15, 0.2) is 5.11 Å². The number of nitrogens with zero attached hydrogens (tertiary/aromatic N) is 1. The van der Waals surface area contributed by atoms with Crippen molar-refractivity contribution in [3.8, 4) is 11.1 Å². The van der Waals surface area contributed by atoms with E-state index in [1.165, 1.54) is 11.1 Å². The first-order valence-electron chi connectivity index (χ1n) is 10.9. The fraction of sp³-hybridized carbons (Fsp3) is 0.240. The lowest BCUT2D eigenvalue weighted by molar-refractivity contribution is -0.0902. The third-order valence-electron chi connectivity index (χ3n) is 5.84. The Bertz CT molecular complexity index is 1190. The third kappa shape index (κ3) is 4.83. The van der Waals surface area contributed by atoms with Gasteiger partial charge in [0, 0.05) is 17.7 Å². The second-order valence-corrected chi connectivity index (χ2v) is 9.20. The van der Waals surface area contributed by atoms with Crippen LogP contribution < -0.4 is 10.6 Å². The molecule has 34 heavy (non-hydrogen) atoms. The number of benzene rings is 2. The minimum absolute atomic E-state index is 0.0194. The van der Waals surface area contributed by atoms with E-state index in [1.807, 2.05) is 30.3 Å². The number of carbonyl (C=O) groups excluding carboxylic acids is 1. The molecule has 1 aliphatic carbocycles. The van der Waals surface area contributed by atoms with Gasteiger partial charge in [-0.25, -0.2) is 9.78 Å². The maximum Gasteiger partial charge on any atom is 0.413 e.